The summed E-state index contributed by atoms with van der Waals surface area (Å²) >= 11 is 0. The average Bonchev–Trinajstić information content (AvgIpc) is 2.98. The molecule has 1 aromatic carbocycles. The molecule has 2 saturated heterocycles. The third-order valence-electron chi connectivity index (χ3n) is 5.87. The van der Waals surface area contributed by atoms with Gasteiger partial charge in [0.2, 0.25) is 0 Å². The highest BCUT2D eigenvalue weighted by Gasteiger charge is 2.49. The highest BCUT2D eigenvalue weighted by Crippen LogP contribution is 2.41. The molecule has 24 heavy (non-hydrogen) atoms. The van der Waals surface area contributed by atoms with Crippen LogP contribution in [0.3, 0.4) is 0 Å². The first-order valence-corrected chi connectivity index (χ1v) is 8.16. The van der Waals surface area contributed by atoms with Crippen molar-refractivity contribution in [2.24, 2.45) is 23.7 Å². The first-order chi connectivity index (χ1) is 11.5. The Balaban J connectivity index is 1.53. The lowest BCUT2D eigenvalue weighted by atomic mass is 9.72. The molecule has 2 aliphatic heterocycles. The Morgan fingerprint density at radius 3 is 1.04 bits per heavy atom. The number of fused-ring (bicyclic) bond motifs is 4. The molecular formula is C18H14O6. The van der Waals surface area contributed by atoms with Gasteiger partial charge in [-0.2, -0.15) is 0 Å². The van der Waals surface area contributed by atoms with E-state index < -0.39 is 47.5 Å². The van der Waals surface area contributed by atoms with E-state index in [1.165, 1.54) is 0 Å². The predicted molar refractivity (Wildman–Crippen MR) is 77.4 cm³/mol. The van der Waals surface area contributed by atoms with Crippen LogP contribution in [0.15, 0.2) is 12.1 Å². The van der Waals surface area contributed by atoms with Gasteiger partial charge in [0, 0.05) is 0 Å². The van der Waals surface area contributed by atoms with E-state index in [4.69, 9.17) is 9.47 Å². The van der Waals surface area contributed by atoms with Gasteiger partial charge in [-0.1, -0.05) is 12.1 Å². The van der Waals surface area contributed by atoms with E-state index in [0.29, 0.717) is 25.7 Å². The third-order valence-corrected chi connectivity index (χ3v) is 5.87. The molecule has 0 aromatic heterocycles. The quantitative estimate of drug-likeness (QED) is 0.510. The second kappa shape index (κ2) is 4.53. The molecule has 4 aliphatic rings. The van der Waals surface area contributed by atoms with Gasteiger partial charge >= 0.3 is 23.9 Å². The van der Waals surface area contributed by atoms with Crippen LogP contribution in [-0.4, -0.2) is 23.9 Å². The topological polar surface area (TPSA) is 86.7 Å². The van der Waals surface area contributed by atoms with E-state index >= 15 is 0 Å². The largest absolute Gasteiger partial charge is 0.393 e. The van der Waals surface area contributed by atoms with Crippen molar-refractivity contribution in [2.75, 3.05) is 0 Å². The van der Waals surface area contributed by atoms with Crippen molar-refractivity contribution in [2.45, 2.75) is 25.7 Å². The zero-order valence-corrected chi connectivity index (χ0v) is 12.7. The zero-order valence-electron chi connectivity index (χ0n) is 12.7. The van der Waals surface area contributed by atoms with E-state index in [-0.39, 0.29) is 0 Å². The molecule has 0 amide bonds. The van der Waals surface area contributed by atoms with E-state index in [9.17, 15) is 19.2 Å². The van der Waals surface area contributed by atoms with Crippen molar-refractivity contribution in [3.05, 3.63) is 34.4 Å². The maximum absolute atomic E-state index is 11.8. The highest BCUT2D eigenvalue weighted by molar-refractivity contribution is 5.98. The first-order valence-electron chi connectivity index (χ1n) is 8.16. The fraction of sp³-hybridized carbons (Fsp3) is 0.444. The van der Waals surface area contributed by atoms with E-state index in [0.717, 1.165) is 22.3 Å². The van der Waals surface area contributed by atoms with Crippen LogP contribution in [0.1, 0.15) is 22.3 Å². The summed E-state index contributed by atoms with van der Waals surface area (Å²) in [6.45, 7) is 0. The summed E-state index contributed by atoms with van der Waals surface area (Å²) in [6.07, 6.45) is 1.98. The summed E-state index contributed by atoms with van der Waals surface area (Å²) in [5.74, 6) is -3.29. The van der Waals surface area contributed by atoms with E-state index in [1.54, 1.807) is 0 Å². The van der Waals surface area contributed by atoms with Crippen LogP contribution in [0.25, 0.3) is 0 Å². The summed E-state index contributed by atoms with van der Waals surface area (Å²) in [4.78, 5) is 47.2. The highest BCUT2D eigenvalue weighted by atomic mass is 16.6. The molecule has 6 heteroatoms. The van der Waals surface area contributed by atoms with Crippen LogP contribution >= 0.6 is 0 Å². The van der Waals surface area contributed by atoms with Crippen molar-refractivity contribution in [3.8, 4) is 0 Å². The van der Waals surface area contributed by atoms with Crippen molar-refractivity contribution < 1.29 is 28.7 Å². The fourth-order valence-corrected chi connectivity index (χ4v) is 4.56. The van der Waals surface area contributed by atoms with Crippen LogP contribution in [0.2, 0.25) is 0 Å². The Morgan fingerprint density at radius 1 is 0.542 bits per heavy atom. The number of ether oxygens (including phenoxy) is 2. The Labute approximate surface area is 137 Å². The molecule has 0 saturated carbocycles. The molecule has 0 N–H and O–H groups in total. The standard InChI is InChI=1S/C18H14O6/c19-15-11-3-7-1-8-4-12-14(18(22)24-16(12)20)6-10(8)2-9(7)5-13(11)17(21)23-15/h1-2,11-14H,3-6H2. The lowest BCUT2D eigenvalue weighted by Gasteiger charge is -2.29. The minimum atomic E-state index is -0.432. The summed E-state index contributed by atoms with van der Waals surface area (Å²) in [5, 5.41) is 0. The molecule has 2 aliphatic carbocycles. The Kier molecular flexibility index (Phi) is 2.62. The number of rotatable bonds is 0. The predicted octanol–water partition coefficient (Wildman–Crippen LogP) is 0.515. The fourth-order valence-electron chi connectivity index (χ4n) is 4.56. The maximum atomic E-state index is 11.8. The van der Waals surface area contributed by atoms with Gasteiger partial charge in [-0.15, -0.1) is 0 Å². The number of cyclic esters (lactones) is 4. The number of carbonyl (C=O) groups is 4. The van der Waals surface area contributed by atoms with Gasteiger partial charge in [0.05, 0.1) is 23.7 Å². The summed E-state index contributed by atoms with van der Waals surface area (Å²) < 4.78 is 9.54. The molecule has 0 spiro atoms. The van der Waals surface area contributed by atoms with Gasteiger partial charge in [-0.05, 0) is 47.9 Å². The Hall–Kier alpha value is -2.50. The second-order valence-corrected chi connectivity index (χ2v) is 7.11. The Morgan fingerprint density at radius 2 is 0.792 bits per heavy atom. The van der Waals surface area contributed by atoms with Crippen LogP contribution in [0.5, 0.6) is 0 Å². The third kappa shape index (κ3) is 1.76. The first kappa shape index (κ1) is 13.9. The molecule has 1 aromatic rings. The van der Waals surface area contributed by atoms with Crippen molar-refractivity contribution in [1.29, 1.82) is 0 Å². The molecule has 122 valence electrons. The second-order valence-electron chi connectivity index (χ2n) is 7.11. The maximum Gasteiger partial charge on any atom is 0.317 e. The SMILES string of the molecule is O=C1OC(=O)C2Cc3cc4c(cc3CC12)CC1C(=O)OC(=O)C1C4. The van der Waals surface area contributed by atoms with Gasteiger partial charge < -0.3 is 9.47 Å². The number of benzene rings is 1. The number of hydrogen-bond donors (Lipinski definition) is 0. The Bertz CT molecular complexity index is 706. The molecule has 2 heterocycles. The summed E-state index contributed by atoms with van der Waals surface area (Å²) in [6, 6.07) is 4.06. The normalized spacial score (nSPS) is 33.3. The van der Waals surface area contributed by atoms with Crippen molar-refractivity contribution >= 4 is 23.9 Å². The lowest BCUT2D eigenvalue weighted by molar-refractivity contribution is -0.155. The zero-order chi connectivity index (χ0) is 16.6. The van der Waals surface area contributed by atoms with Gasteiger partial charge in [0.1, 0.15) is 0 Å². The van der Waals surface area contributed by atoms with Crippen LogP contribution < -0.4 is 0 Å². The molecule has 0 bridgehead atoms. The van der Waals surface area contributed by atoms with Crippen molar-refractivity contribution in [3.63, 3.8) is 0 Å². The molecule has 4 atom stereocenters. The van der Waals surface area contributed by atoms with E-state index in [1.807, 2.05) is 12.1 Å². The van der Waals surface area contributed by atoms with Crippen LogP contribution in [-0.2, 0) is 54.3 Å². The summed E-state index contributed by atoms with van der Waals surface area (Å²) in [5.41, 5.74) is 4.16. The lowest BCUT2D eigenvalue weighted by Crippen LogP contribution is -2.31. The minimum absolute atomic E-state index is 0.391. The number of esters is 4. The van der Waals surface area contributed by atoms with Gasteiger partial charge in [0.25, 0.3) is 0 Å². The monoisotopic (exact) mass is 326 g/mol. The molecule has 2 fully saturated rings. The smallest absolute Gasteiger partial charge is 0.317 e. The summed E-state index contributed by atoms with van der Waals surface area (Å²) in [7, 11) is 0. The molecule has 4 unspecified atom stereocenters. The number of carbonyl (C=O) groups excluding carboxylic acids is 4. The number of hydrogen-bond acceptors (Lipinski definition) is 6. The molecule has 5 rings (SSSR count). The van der Waals surface area contributed by atoms with Crippen LogP contribution in [0.4, 0.5) is 0 Å². The molecule has 0 radical (unpaired) electrons. The van der Waals surface area contributed by atoms with Crippen molar-refractivity contribution in [1.82, 2.24) is 0 Å². The van der Waals surface area contributed by atoms with E-state index in [2.05, 4.69) is 0 Å². The van der Waals surface area contributed by atoms with Gasteiger partial charge in [0.15, 0.2) is 0 Å². The average molecular weight is 326 g/mol. The van der Waals surface area contributed by atoms with Crippen LogP contribution in [0, 0.1) is 23.7 Å². The van der Waals surface area contributed by atoms with Gasteiger partial charge in [-0.25, -0.2) is 0 Å². The minimum Gasteiger partial charge on any atom is -0.393 e. The van der Waals surface area contributed by atoms with Gasteiger partial charge in [-0.3, -0.25) is 19.2 Å². The molecular weight excluding hydrogens is 312 g/mol. The molecule has 6 nitrogen and oxygen atoms in total.